The Hall–Kier alpha value is -0.370. The van der Waals surface area contributed by atoms with Crippen molar-refractivity contribution in [2.24, 2.45) is 0 Å². The molecule has 0 radical (unpaired) electrons. The van der Waals surface area contributed by atoms with Gasteiger partial charge in [-0.05, 0) is 6.42 Å². The van der Waals surface area contributed by atoms with Crippen molar-refractivity contribution in [1.29, 1.82) is 0 Å². The summed E-state index contributed by atoms with van der Waals surface area (Å²) >= 11 is 1.88. The predicted octanol–water partition coefficient (Wildman–Crippen LogP) is 1.93. The third-order valence-electron chi connectivity index (χ3n) is 1.33. The molecule has 1 aromatic heterocycles. The van der Waals surface area contributed by atoms with Crippen LogP contribution < -0.4 is 0 Å². The highest BCUT2D eigenvalue weighted by molar-refractivity contribution is 7.99. The predicted molar refractivity (Wildman–Crippen MR) is 33.1 cm³/mol. The molecule has 2 heteroatoms. The second-order valence-corrected chi connectivity index (χ2v) is 3.00. The third kappa shape index (κ3) is 0.494. The first-order chi connectivity index (χ1) is 3.97. The van der Waals surface area contributed by atoms with Crippen molar-refractivity contribution in [1.82, 2.24) is 0 Å². The summed E-state index contributed by atoms with van der Waals surface area (Å²) in [5.41, 5.74) is 1.38. The average Bonchev–Trinajstić information content (AvgIpc) is 2.15. The average molecular weight is 126 g/mol. The van der Waals surface area contributed by atoms with Crippen LogP contribution in [0.3, 0.4) is 0 Å². The van der Waals surface area contributed by atoms with Crippen molar-refractivity contribution in [2.75, 3.05) is 5.75 Å². The van der Waals surface area contributed by atoms with Gasteiger partial charge in [-0.3, -0.25) is 0 Å². The summed E-state index contributed by atoms with van der Waals surface area (Å²) in [7, 11) is 0. The number of hydrogen-bond donors (Lipinski definition) is 0. The van der Waals surface area contributed by atoms with Crippen molar-refractivity contribution in [3.63, 3.8) is 0 Å². The van der Waals surface area contributed by atoms with Crippen LogP contribution in [0, 0.1) is 0 Å². The molecular weight excluding hydrogens is 120 g/mol. The Bertz CT molecular complexity index is 174. The maximum atomic E-state index is 4.97. The molecule has 0 fully saturated rings. The fraction of sp³-hybridized carbons (Fsp3) is 0.333. The second kappa shape index (κ2) is 1.55. The van der Waals surface area contributed by atoms with Gasteiger partial charge in [-0.1, -0.05) is 0 Å². The van der Waals surface area contributed by atoms with Gasteiger partial charge in [0.25, 0.3) is 0 Å². The van der Waals surface area contributed by atoms with Gasteiger partial charge < -0.3 is 4.42 Å². The molecular formula is C6H6OS. The lowest BCUT2D eigenvalue weighted by Crippen LogP contribution is -1.72. The van der Waals surface area contributed by atoms with Crippen LogP contribution >= 0.6 is 11.8 Å². The number of hydrogen-bond acceptors (Lipinski definition) is 2. The summed E-state index contributed by atoms with van der Waals surface area (Å²) in [4.78, 5) is 1.34. The quantitative estimate of drug-likeness (QED) is 0.527. The van der Waals surface area contributed by atoms with Gasteiger partial charge in [0.15, 0.2) is 0 Å². The Morgan fingerprint density at radius 2 is 2.50 bits per heavy atom. The lowest BCUT2D eigenvalue weighted by atomic mass is 10.3. The lowest BCUT2D eigenvalue weighted by molar-refractivity contribution is 0.559. The van der Waals surface area contributed by atoms with E-state index in [0.29, 0.717) is 0 Å². The maximum Gasteiger partial charge on any atom is 0.104 e. The summed E-state index contributed by atoms with van der Waals surface area (Å²) in [5, 5.41) is 0. The molecule has 2 rings (SSSR count). The highest BCUT2D eigenvalue weighted by Gasteiger charge is 2.11. The van der Waals surface area contributed by atoms with Crippen LogP contribution in [0.2, 0.25) is 0 Å². The van der Waals surface area contributed by atoms with Gasteiger partial charge in [0.2, 0.25) is 0 Å². The number of furan rings is 1. The molecule has 0 N–H and O–H groups in total. The van der Waals surface area contributed by atoms with Gasteiger partial charge >= 0.3 is 0 Å². The first kappa shape index (κ1) is 4.50. The number of thioether (sulfide) groups is 1. The first-order valence-electron chi connectivity index (χ1n) is 2.65. The molecule has 2 heterocycles. The van der Waals surface area contributed by atoms with Crippen LogP contribution in [0.4, 0.5) is 0 Å². The molecule has 0 unspecified atom stereocenters. The van der Waals surface area contributed by atoms with Crippen molar-refractivity contribution >= 4 is 11.8 Å². The number of fused-ring (bicyclic) bond motifs is 1. The molecule has 0 spiro atoms. The summed E-state index contributed by atoms with van der Waals surface area (Å²) < 4.78 is 4.97. The van der Waals surface area contributed by atoms with E-state index in [1.165, 1.54) is 22.6 Å². The highest BCUT2D eigenvalue weighted by Crippen LogP contribution is 2.31. The van der Waals surface area contributed by atoms with Crippen molar-refractivity contribution in [2.45, 2.75) is 11.3 Å². The number of rotatable bonds is 0. The summed E-state index contributed by atoms with van der Waals surface area (Å²) in [6.45, 7) is 0. The number of aryl methyl sites for hydroxylation is 1. The van der Waals surface area contributed by atoms with Gasteiger partial charge in [-0.15, -0.1) is 11.8 Å². The monoisotopic (exact) mass is 126 g/mol. The zero-order valence-electron chi connectivity index (χ0n) is 4.39. The highest BCUT2D eigenvalue weighted by atomic mass is 32.2. The molecule has 0 saturated heterocycles. The van der Waals surface area contributed by atoms with Crippen LogP contribution in [0.15, 0.2) is 21.8 Å². The summed E-state index contributed by atoms with van der Waals surface area (Å²) in [6.07, 6.45) is 4.86. The van der Waals surface area contributed by atoms with Crippen LogP contribution in [0.25, 0.3) is 0 Å². The van der Waals surface area contributed by atoms with Crippen LogP contribution in [0.1, 0.15) is 5.56 Å². The van der Waals surface area contributed by atoms with Gasteiger partial charge in [-0.25, -0.2) is 0 Å². The summed E-state index contributed by atoms with van der Waals surface area (Å²) in [6, 6.07) is 0. The molecule has 42 valence electrons. The van der Waals surface area contributed by atoms with Crippen molar-refractivity contribution in [3.8, 4) is 0 Å². The van der Waals surface area contributed by atoms with E-state index in [0.717, 1.165) is 0 Å². The lowest BCUT2D eigenvalue weighted by Gasteiger charge is -1.76. The normalized spacial score (nSPS) is 16.5. The van der Waals surface area contributed by atoms with Crippen LogP contribution in [-0.2, 0) is 6.42 Å². The Labute approximate surface area is 52.1 Å². The van der Waals surface area contributed by atoms with E-state index in [2.05, 4.69) is 0 Å². The Morgan fingerprint density at radius 1 is 1.50 bits per heavy atom. The Morgan fingerprint density at radius 3 is 3.38 bits per heavy atom. The minimum absolute atomic E-state index is 1.19. The van der Waals surface area contributed by atoms with E-state index in [-0.39, 0.29) is 0 Å². The topological polar surface area (TPSA) is 13.1 Å². The van der Waals surface area contributed by atoms with Gasteiger partial charge in [0, 0.05) is 16.2 Å². The zero-order valence-corrected chi connectivity index (χ0v) is 5.20. The van der Waals surface area contributed by atoms with Gasteiger partial charge in [0.1, 0.15) is 6.26 Å². The minimum atomic E-state index is 1.19. The van der Waals surface area contributed by atoms with E-state index in [1.54, 1.807) is 0 Å². The second-order valence-electron chi connectivity index (χ2n) is 1.86. The molecule has 0 aromatic carbocycles. The standard InChI is InChI=1S/C6H6OS/c1-2-8-6-4-7-3-5(1)6/h3-4H,1-2H2. The molecule has 0 bridgehead atoms. The largest absolute Gasteiger partial charge is 0.471 e. The Balaban J connectivity index is 2.54. The zero-order chi connectivity index (χ0) is 5.40. The SMILES string of the molecule is c1occ2c1CCS2. The van der Waals surface area contributed by atoms with Crippen molar-refractivity contribution < 1.29 is 4.42 Å². The van der Waals surface area contributed by atoms with Crippen molar-refractivity contribution in [3.05, 3.63) is 18.1 Å². The molecule has 8 heavy (non-hydrogen) atoms. The van der Waals surface area contributed by atoms with E-state index >= 15 is 0 Å². The summed E-state index contributed by atoms with van der Waals surface area (Å²) in [5.74, 6) is 1.24. The molecule has 1 aliphatic rings. The molecule has 1 aliphatic heterocycles. The smallest absolute Gasteiger partial charge is 0.104 e. The Kier molecular flexibility index (Phi) is 0.875. The molecule has 0 saturated carbocycles. The fourth-order valence-electron chi connectivity index (χ4n) is 0.892. The van der Waals surface area contributed by atoms with E-state index in [9.17, 15) is 0 Å². The fourth-order valence-corrected chi connectivity index (χ4v) is 1.89. The molecule has 1 aromatic rings. The van der Waals surface area contributed by atoms with Crippen LogP contribution in [-0.4, -0.2) is 5.75 Å². The van der Waals surface area contributed by atoms with Gasteiger partial charge in [0.05, 0.1) is 6.26 Å². The molecule has 1 nitrogen and oxygen atoms in total. The van der Waals surface area contributed by atoms with E-state index in [4.69, 9.17) is 4.42 Å². The van der Waals surface area contributed by atoms with Gasteiger partial charge in [-0.2, -0.15) is 0 Å². The van der Waals surface area contributed by atoms with E-state index in [1.807, 2.05) is 24.3 Å². The van der Waals surface area contributed by atoms with Crippen LogP contribution in [0.5, 0.6) is 0 Å². The van der Waals surface area contributed by atoms with E-state index < -0.39 is 0 Å². The maximum absolute atomic E-state index is 4.97. The molecule has 0 amide bonds. The minimum Gasteiger partial charge on any atom is -0.471 e. The molecule has 0 atom stereocenters. The first-order valence-corrected chi connectivity index (χ1v) is 3.63. The third-order valence-corrected chi connectivity index (χ3v) is 2.41. The molecule has 0 aliphatic carbocycles.